The topological polar surface area (TPSA) is 15.3 Å². The summed E-state index contributed by atoms with van der Waals surface area (Å²) < 4.78 is 0. The van der Waals surface area contributed by atoms with E-state index in [-0.39, 0.29) is 0 Å². The van der Waals surface area contributed by atoms with Gasteiger partial charge in [0.05, 0.1) is 0 Å². The highest BCUT2D eigenvalue weighted by Gasteiger charge is 2.36. The second-order valence-electron chi connectivity index (χ2n) is 4.62. The Kier molecular flexibility index (Phi) is 2.37. The van der Waals surface area contributed by atoms with Crippen LogP contribution in [0, 0.1) is 5.41 Å². The van der Waals surface area contributed by atoms with Crippen LogP contribution in [0.3, 0.4) is 0 Å². The van der Waals surface area contributed by atoms with Crippen molar-refractivity contribution in [3.8, 4) is 0 Å². The van der Waals surface area contributed by atoms with Crippen molar-refractivity contribution in [1.29, 1.82) is 0 Å². The summed E-state index contributed by atoms with van der Waals surface area (Å²) in [6, 6.07) is 0. The van der Waals surface area contributed by atoms with Crippen LogP contribution in [-0.2, 0) is 0 Å². The molecule has 12 heavy (non-hydrogen) atoms. The van der Waals surface area contributed by atoms with Gasteiger partial charge in [-0.05, 0) is 44.8 Å². The van der Waals surface area contributed by atoms with Crippen molar-refractivity contribution in [2.45, 2.75) is 25.7 Å². The number of nitrogens with one attached hydrogen (secondary N) is 1. The maximum Gasteiger partial charge on any atom is 0.00476 e. The average molecular weight is 168 g/mol. The van der Waals surface area contributed by atoms with Crippen LogP contribution in [0.2, 0.25) is 0 Å². The maximum absolute atomic E-state index is 3.57. The summed E-state index contributed by atoms with van der Waals surface area (Å²) in [6.45, 7) is 5.13. The molecule has 0 aromatic rings. The summed E-state index contributed by atoms with van der Waals surface area (Å²) in [5, 5.41) is 3.57. The Morgan fingerprint density at radius 3 is 2.92 bits per heavy atom. The van der Waals surface area contributed by atoms with Gasteiger partial charge in [0.15, 0.2) is 0 Å². The van der Waals surface area contributed by atoms with Crippen LogP contribution in [0.1, 0.15) is 25.7 Å². The highest BCUT2D eigenvalue weighted by molar-refractivity contribution is 4.91. The molecule has 0 aliphatic carbocycles. The molecule has 2 fully saturated rings. The van der Waals surface area contributed by atoms with Crippen LogP contribution in [0.25, 0.3) is 0 Å². The number of hydrogen-bond donors (Lipinski definition) is 1. The fourth-order valence-corrected chi connectivity index (χ4v) is 2.70. The van der Waals surface area contributed by atoms with Gasteiger partial charge in [0, 0.05) is 13.1 Å². The van der Waals surface area contributed by atoms with Crippen LogP contribution < -0.4 is 5.32 Å². The fourth-order valence-electron chi connectivity index (χ4n) is 2.70. The number of hydrogen-bond acceptors (Lipinski definition) is 2. The molecule has 0 bridgehead atoms. The molecule has 2 aliphatic heterocycles. The van der Waals surface area contributed by atoms with Crippen LogP contribution in [0.4, 0.5) is 0 Å². The standard InChI is InChI=1S/C10H20N2/c1-12-7-5-10(9-12)4-2-3-6-11-8-10/h11H,2-9H2,1H3. The van der Waals surface area contributed by atoms with E-state index in [4.69, 9.17) is 0 Å². The van der Waals surface area contributed by atoms with E-state index in [0.717, 1.165) is 0 Å². The third kappa shape index (κ3) is 1.64. The minimum atomic E-state index is 0.644. The number of likely N-dealkylation sites (tertiary alicyclic amines) is 1. The second kappa shape index (κ2) is 3.35. The smallest absolute Gasteiger partial charge is 0.00476 e. The largest absolute Gasteiger partial charge is 0.316 e. The molecular formula is C10H20N2. The quantitative estimate of drug-likeness (QED) is 0.582. The number of rotatable bonds is 0. The summed E-state index contributed by atoms with van der Waals surface area (Å²) in [5.41, 5.74) is 0.644. The van der Waals surface area contributed by atoms with Crippen LogP contribution in [0.15, 0.2) is 0 Å². The van der Waals surface area contributed by atoms with E-state index >= 15 is 0 Å². The van der Waals surface area contributed by atoms with Gasteiger partial charge in [0.1, 0.15) is 0 Å². The van der Waals surface area contributed by atoms with Crippen LogP contribution in [0.5, 0.6) is 0 Å². The van der Waals surface area contributed by atoms with Gasteiger partial charge in [0.25, 0.3) is 0 Å². The lowest BCUT2D eigenvalue weighted by atomic mass is 9.83. The third-order valence-corrected chi connectivity index (χ3v) is 3.44. The normalized spacial score (nSPS) is 38.8. The first-order chi connectivity index (χ1) is 5.81. The van der Waals surface area contributed by atoms with Gasteiger partial charge in [-0.1, -0.05) is 6.42 Å². The zero-order chi connectivity index (χ0) is 8.44. The molecule has 0 aromatic heterocycles. The Morgan fingerprint density at radius 2 is 2.17 bits per heavy atom. The number of nitrogens with zero attached hydrogens (tertiary/aromatic N) is 1. The Balaban J connectivity index is 1.98. The second-order valence-corrected chi connectivity index (χ2v) is 4.62. The Morgan fingerprint density at radius 1 is 1.25 bits per heavy atom. The Hall–Kier alpha value is -0.0800. The Labute approximate surface area is 75.3 Å². The minimum Gasteiger partial charge on any atom is -0.316 e. The zero-order valence-corrected chi connectivity index (χ0v) is 8.10. The van der Waals surface area contributed by atoms with E-state index < -0.39 is 0 Å². The lowest BCUT2D eigenvalue weighted by Crippen LogP contribution is -2.34. The van der Waals surface area contributed by atoms with E-state index in [1.165, 1.54) is 51.9 Å². The van der Waals surface area contributed by atoms with Crippen molar-refractivity contribution in [2.75, 3.05) is 33.2 Å². The van der Waals surface area contributed by atoms with Gasteiger partial charge in [-0.25, -0.2) is 0 Å². The molecule has 1 spiro atoms. The zero-order valence-electron chi connectivity index (χ0n) is 8.10. The van der Waals surface area contributed by atoms with E-state index in [1.54, 1.807) is 0 Å². The van der Waals surface area contributed by atoms with Crippen molar-refractivity contribution in [2.24, 2.45) is 5.41 Å². The summed E-state index contributed by atoms with van der Waals surface area (Å²) in [7, 11) is 2.25. The van der Waals surface area contributed by atoms with Crippen molar-refractivity contribution < 1.29 is 0 Å². The van der Waals surface area contributed by atoms with E-state index in [1.807, 2.05) is 0 Å². The molecule has 2 rings (SSSR count). The summed E-state index contributed by atoms with van der Waals surface area (Å²) in [6.07, 6.45) is 5.67. The molecule has 70 valence electrons. The molecule has 2 saturated heterocycles. The van der Waals surface area contributed by atoms with Crippen LogP contribution >= 0.6 is 0 Å². The fraction of sp³-hybridized carbons (Fsp3) is 1.00. The molecule has 1 atom stereocenters. The monoisotopic (exact) mass is 168 g/mol. The van der Waals surface area contributed by atoms with Gasteiger partial charge in [0.2, 0.25) is 0 Å². The molecule has 1 unspecified atom stereocenters. The first kappa shape index (κ1) is 8.52. The predicted octanol–water partition coefficient (Wildman–Crippen LogP) is 1.08. The molecular weight excluding hydrogens is 148 g/mol. The van der Waals surface area contributed by atoms with E-state index in [2.05, 4.69) is 17.3 Å². The van der Waals surface area contributed by atoms with Crippen molar-refractivity contribution in [3.63, 3.8) is 0 Å². The molecule has 0 aromatic carbocycles. The summed E-state index contributed by atoms with van der Waals surface area (Å²) in [4.78, 5) is 2.48. The highest BCUT2D eigenvalue weighted by atomic mass is 15.1. The third-order valence-electron chi connectivity index (χ3n) is 3.44. The molecule has 0 saturated carbocycles. The lowest BCUT2D eigenvalue weighted by molar-refractivity contribution is 0.261. The first-order valence-corrected chi connectivity index (χ1v) is 5.20. The molecule has 2 nitrogen and oxygen atoms in total. The maximum atomic E-state index is 3.57. The highest BCUT2D eigenvalue weighted by Crippen LogP contribution is 2.35. The lowest BCUT2D eigenvalue weighted by Gasteiger charge is -2.26. The minimum absolute atomic E-state index is 0.644. The van der Waals surface area contributed by atoms with Gasteiger partial charge >= 0.3 is 0 Å². The van der Waals surface area contributed by atoms with Gasteiger partial charge in [-0.3, -0.25) is 0 Å². The predicted molar refractivity (Wildman–Crippen MR) is 51.3 cm³/mol. The van der Waals surface area contributed by atoms with Crippen molar-refractivity contribution in [1.82, 2.24) is 10.2 Å². The molecule has 1 N–H and O–H groups in total. The molecule has 0 radical (unpaired) electrons. The van der Waals surface area contributed by atoms with Gasteiger partial charge in [-0.15, -0.1) is 0 Å². The molecule has 2 aliphatic rings. The van der Waals surface area contributed by atoms with E-state index in [0.29, 0.717) is 5.41 Å². The molecule has 0 amide bonds. The van der Waals surface area contributed by atoms with Crippen molar-refractivity contribution >= 4 is 0 Å². The average Bonchev–Trinajstić information content (AvgIpc) is 2.30. The van der Waals surface area contributed by atoms with Gasteiger partial charge in [-0.2, -0.15) is 0 Å². The summed E-state index contributed by atoms with van der Waals surface area (Å²) >= 11 is 0. The SMILES string of the molecule is CN1CCC2(CCCCNC2)C1. The van der Waals surface area contributed by atoms with Crippen LogP contribution in [-0.4, -0.2) is 38.1 Å². The van der Waals surface area contributed by atoms with Gasteiger partial charge < -0.3 is 10.2 Å². The van der Waals surface area contributed by atoms with E-state index in [9.17, 15) is 0 Å². The molecule has 2 heterocycles. The Bertz CT molecular complexity index is 148. The van der Waals surface area contributed by atoms with Crippen molar-refractivity contribution in [3.05, 3.63) is 0 Å². The summed E-state index contributed by atoms with van der Waals surface area (Å²) in [5.74, 6) is 0. The first-order valence-electron chi connectivity index (χ1n) is 5.20. The molecule has 2 heteroatoms.